The van der Waals surface area contributed by atoms with Crippen molar-refractivity contribution in [2.75, 3.05) is 0 Å². The lowest BCUT2D eigenvalue weighted by molar-refractivity contribution is 1.27. The monoisotopic (exact) mass is 195 g/mol. The first-order chi connectivity index (χ1) is 7.36. The van der Waals surface area contributed by atoms with Crippen molar-refractivity contribution in [2.24, 2.45) is 4.99 Å². The first-order valence-electron chi connectivity index (χ1n) is 4.95. The standard InChI is InChI=1S/C14H13N/c1-3-7-12-10-11-8-5-6-9-13(11)14(12)15-4-2/h3-9H,1-2,10H2/b12-7-,15-14+. The summed E-state index contributed by atoms with van der Waals surface area (Å²) in [5.74, 6) is 0. The van der Waals surface area contributed by atoms with E-state index in [4.69, 9.17) is 0 Å². The molecule has 0 atom stereocenters. The molecule has 2 rings (SSSR count). The molecule has 0 fully saturated rings. The molecule has 0 unspecified atom stereocenters. The van der Waals surface area contributed by atoms with Crippen LogP contribution in [0.25, 0.3) is 0 Å². The fourth-order valence-corrected chi connectivity index (χ4v) is 1.89. The molecule has 0 heterocycles. The summed E-state index contributed by atoms with van der Waals surface area (Å²) in [7, 11) is 0. The van der Waals surface area contributed by atoms with Gasteiger partial charge in [0.2, 0.25) is 0 Å². The summed E-state index contributed by atoms with van der Waals surface area (Å²) in [5, 5.41) is 0. The molecule has 1 aliphatic carbocycles. The van der Waals surface area contributed by atoms with Crippen LogP contribution < -0.4 is 0 Å². The second kappa shape index (κ2) is 4.09. The van der Waals surface area contributed by atoms with Crippen molar-refractivity contribution < 1.29 is 0 Å². The zero-order valence-electron chi connectivity index (χ0n) is 8.61. The summed E-state index contributed by atoms with van der Waals surface area (Å²) >= 11 is 0. The lowest BCUT2D eigenvalue weighted by atomic mass is 10.1. The molecule has 1 aromatic rings. The van der Waals surface area contributed by atoms with Crippen LogP contribution in [0.1, 0.15) is 11.1 Å². The first-order valence-corrected chi connectivity index (χ1v) is 4.95. The molecule has 0 saturated heterocycles. The molecular weight excluding hydrogens is 182 g/mol. The molecule has 15 heavy (non-hydrogen) atoms. The molecule has 0 aliphatic heterocycles. The van der Waals surface area contributed by atoms with Crippen molar-refractivity contribution in [3.05, 3.63) is 72.5 Å². The summed E-state index contributed by atoms with van der Waals surface area (Å²) in [5.41, 5.74) is 4.78. The number of hydrogen-bond donors (Lipinski definition) is 0. The van der Waals surface area contributed by atoms with E-state index in [1.807, 2.05) is 12.1 Å². The lowest BCUT2D eigenvalue weighted by Crippen LogP contribution is -1.96. The third-order valence-corrected chi connectivity index (χ3v) is 2.50. The van der Waals surface area contributed by atoms with Gasteiger partial charge in [-0.3, -0.25) is 4.99 Å². The predicted molar refractivity (Wildman–Crippen MR) is 65.2 cm³/mol. The smallest absolute Gasteiger partial charge is 0.0739 e. The Labute approximate surface area is 90.2 Å². The average Bonchev–Trinajstić information content (AvgIpc) is 2.59. The van der Waals surface area contributed by atoms with Gasteiger partial charge in [0.25, 0.3) is 0 Å². The largest absolute Gasteiger partial charge is 0.257 e. The number of benzene rings is 1. The van der Waals surface area contributed by atoms with Gasteiger partial charge in [-0.05, 0) is 11.1 Å². The first kappa shape index (κ1) is 9.66. The molecule has 0 N–H and O–H groups in total. The second-order valence-electron chi connectivity index (χ2n) is 3.42. The Morgan fingerprint density at radius 3 is 2.73 bits per heavy atom. The van der Waals surface area contributed by atoms with Gasteiger partial charge in [0.05, 0.1) is 5.71 Å². The van der Waals surface area contributed by atoms with Gasteiger partial charge in [-0.25, -0.2) is 0 Å². The lowest BCUT2D eigenvalue weighted by Gasteiger charge is -1.98. The number of nitrogens with zero attached hydrogens (tertiary/aromatic N) is 1. The topological polar surface area (TPSA) is 12.4 Å². The van der Waals surface area contributed by atoms with Crippen LogP contribution in [0, 0.1) is 0 Å². The maximum Gasteiger partial charge on any atom is 0.0739 e. The zero-order chi connectivity index (χ0) is 10.7. The van der Waals surface area contributed by atoms with Crippen LogP contribution >= 0.6 is 0 Å². The Kier molecular flexibility index (Phi) is 2.64. The van der Waals surface area contributed by atoms with Crippen molar-refractivity contribution in [1.82, 2.24) is 0 Å². The van der Waals surface area contributed by atoms with Crippen molar-refractivity contribution >= 4 is 5.71 Å². The minimum Gasteiger partial charge on any atom is -0.257 e. The second-order valence-corrected chi connectivity index (χ2v) is 3.42. The number of fused-ring (bicyclic) bond motifs is 1. The van der Waals surface area contributed by atoms with Crippen LogP contribution in [0.3, 0.4) is 0 Å². The molecule has 74 valence electrons. The van der Waals surface area contributed by atoms with E-state index < -0.39 is 0 Å². The van der Waals surface area contributed by atoms with Crippen LogP contribution in [-0.2, 0) is 6.42 Å². The zero-order valence-corrected chi connectivity index (χ0v) is 8.61. The Bertz CT molecular complexity index is 464. The van der Waals surface area contributed by atoms with Crippen LogP contribution in [0.5, 0.6) is 0 Å². The predicted octanol–water partition coefficient (Wildman–Crippen LogP) is 3.29. The van der Waals surface area contributed by atoms with E-state index in [-0.39, 0.29) is 0 Å². The molecule has 0 amide bonds. The van der Waals surface area contributed by atoms with Crippen LogP contribution in [0.2, 0.25) is 0 Å². The van der Waals surface area contributed by atoms with E-state index in [9.17, 15) is 0 Å². The number of hydrogen-bond acceptors (Lipinski definition) is 1. The Hall–Kier alpha value is -1.89. The third-order valence-electron chi connectivity index (χ3n) is 2.50. The van der Waals surface area contributed by atoms with Gasteiger partial charge in [0.15, 0.2) is 0 Å². The summed E-state index contributed by atoms with van der Waals surface area (Å²) in [4.78, 5) is 4.33. The molecule has 0 aromatic heterocycles. The Balaban J connectivity index is 2.56. The maximum absolute atomic E-state index is 4.33. The van der Waals surface area contributed by atoms with Gasteiger partial charge in [-0.15, -0.1) is 0 Å². The van der Waals surface area contributed by atoms with Gasteiger partial charge < -0.3 is 0 Å². The van der Waals surface area contributed by atoms with Crippen LogP contribution in [-0.4, -0.2) is 5.71 Å². The highest BCUT2D eigenvalue weighted by molar-refractivity contribution is 6.17. The van der Waals surface area contributed by atoms with Crippen molar-refractivity contribution in [3.8, 4) is 0 Å². The minimum atomic E-state index is 0.939. The highest BCUT2D eigenvalue weighted by Gasteiger charge is 2.20. The van der Waals surface area contributed by atoms with Gasteiger partial charge in [0, 0.05) is 18.2 Å². The van der Waals surface area contributed by atoms with E-state index in [1.165, 1.54) is 16.7 Å². The number of rotatable bonds is 2. The van der Waals surface area contributed by atoms with Gasteiger partial charge >= 0.3 is 0 Å². The molecule has 1 nitrogen and oxygen atoms in total. The molecule has 0 bridgehead atoms. The fraction of sp³-hybridized carbons (Fsp3) is 0.0714. The number of allylic oxidation sites excluding steroid dienone is 3. The quantitative estimate of drug-likeness (QED) is 0.686. The summed E-state index contributed by atoms with van der Waals surface area (Å²) in [6.07, 6.45) is 6.35. The third kappa shape index (κ3) is 1.68. The van der Waals surface area contributed by atoms with Gasteiger partial charge in [-0.2, -0.15) is 0 Å². The van der Waals surface area contributed by atoms with E-state index in [0.717, 1.165) is 12.1 Å². The molecule has 1 heteroatoms. The van der Waals surface area contributed by atoms with Crippen molar-refractivity contribution in [2.45, 2.75) is 6.42 Å². The van der Waals surface area contributed by atoms with E-state index in [1.54, 1.807) is 12.3 Å². The van der Waals surface area contributed by atoms with Crippen molar-refractivity contribution in [1.29, 1.82) is 0 Å². The highest BCUT2D eigenvalue weighted by atomic mass is 14.7. The fourth-order valence-electron chi connectivity index (χ4n) is 1.89. The Morgan fingerprint density at radius 2 is 2.00 bits per heavy atom. The maximum atomic E-state index is 4.33. The summed E-state index contributed by atoms with van der Waals surface area (Å²) in [6, 6.07) is 8.33. The molecule has 0 saturated carbocycles. The van der Waals surface area contributed by atoms with E-state index in [0.29, 0.717) is 0 Å². The SMILES string of the molecule is C=C/C=C1/Cc2ccccc2/C1=N/C=C. The summed E-state index contributed by atoms with van der Waals surface area (Å²) < 4.78 is 0. The highest BCUT2D eigenvalue weighted by Crippen LogP contribution is 2.26. The van der Waals surface area contributed by atoms with Crippen LogP contribution in [0.15, 0.2) is 66.3 Å². The van der Waals surface area contributed by atoms with Gasteiger partial charge in [-0.1, -0.05) is 49.6 Å². The molecule has 0 radical (unpaired) electrons. The van der Waals surface area contributed by atoms with Crippen molar-refractivity contribution in [3.63, 3.8) is 0 Å². The van der Waals surface area contributed by atoms with Gasteiger partial charge in [0.1, 0.15) is 0 Å². The molecular formula is C14H13N. The number of aliphatic imine (C=N–C) groups is 1. The van der Waals surface area contributed by atoms with E-state index in [2.05, 4.69) is 36.3 Å². The molecule has 0 spiro atoms. The van der Waals surface area contributed by atoms with Crippen LogP contribution in [0.4, 0.5) is 0 Å². The minimum absolute atomic E-state index is 0.939. The molecule has 1 aliphatic rings. The summed E-state index contributed by atoms with van der Waals surface area (Å²) in [6.45, 7) is 7.38. The average molecular weight is 195 g/mol. The molecule has 1 aromatic carbocycles. The van der Waals surface area contributed by atoms with E-state index >= 15 is 0 Å². The normalized spacial score (nSPS) is 19.2. The Morgan fingerprint density at radius 1 is 1.20 bits per heavy atom.